The zero-order valence-corrected chi connectivity index (χ0v) is 18.7. The van der Waals surface area contributed by atoms with Crippen molar-refractivity contribution in [1.82, 2.24) is 9.88 Å². The molecule has 32 heavy (non-hydrogen) atoms. The largest absolute Gasteiger partial charge is 0.480 e. The number of hydrogen-bond donors (Lipinski definition) is 2. The van der Waals surface area contributed by atoms with E-state index in [0.717, 1.165) is 27.7 Å². The number of carbonyl (C=O) groups is 2. The summed E-state index contributed by atoms with van der Waals surface area (Å²) < 4.78 is 15.9. The van der Waals surface area contributed by atoms with Crippen molar-refractivity contribution in [3.05, 3.63) is 70.1 Å². The summed E-state index contributed by atoms with van der Waals surface area (Å²) in [6.45, 7) is 1.84. The molecule has 0 spiro atoms. The molecule has 168 valence electrons. The van der Waals surface area contributed by atoms with Gasteiger partial charge in [0.1, 0.15) is 11.9 Å². The fourth-order valence-corrected chi connectivity index (χ4v) is 4.97. The van der Waals surface area contributed by atoms with Crippen molar-refractivity contribution in [1.29, 1.82) is 0 Å². The summed E-state index contributed by atoms with van der Waals surface area (Å²) in [5.74, 6) is -1.29. The average Bonchev–Trinajstić information content (AvgIpc) is 3.06. The molecule has 1 aliphatic carbocycles. The van der Waals surface area contributed by atoms with Crippen LogP contribution in [-0.2, 0) is 28.9 Å². The van der Waals surface area contributed by atoms with E-state index in [-0.39, 0.29) is 17.8 Å². The predicted molar refractivity (Wildman–Crippen MR) is 123 cm³/mol. The summed E-state index contributed by atoms with van der Waals surface area (Å²) >= 11 is 6.01. The van der Waals surface area contributed by atoms with Gasteiger partial charge in [-0.05, 0) is 73.6 Å². The number of amides is 1. The lowest BCUT2D eigenvalue weighted by Crippen LogP contribution is -2.39. The molecule has 7 heteroatoms. The molecule has 2 N–H and O–H groups in total. The highest BCUT2D eigenvalue weighted by Gasteiger charge is 2.30. The van der Waals surface area contributed by atoms with E-state index in [1.165, 1.54) is 12.1 Å². The number of benzene rings is 2. The van der Waals surface area contributed by atoms with E-state index in [9.17, 15) is 19.1 Å². The number of carboxylic acid groups (broad SMARTS) is 1. The molecule has 1 aromatic heterocycles. The first-order valence-corrected chi connectivity index (χ1v) is 11.3. The third-order valence-corrected chi connectivity index (χ3v) is 6.48. The van der Waals surface area contributed by atoms with Gasteiger partial charge in [-0.15, -0.1) is 0 Å². The second kappa shape index (κ2) is 9.33. The molecule has 5 nitrogen and oxygen atoms in total. The number of rotatable bonds is 7. The number of fused-ring (bicyclic) bond motifs is 3. The predicted octanol–water partition coefficient (Wildman–Crippen LogP) is 5.08. The van der Waals surface area contributed by atoms with E-state index in [4.69, 9.17) is 11.6 Å². The summed E-state index contributed by atoms with van der Waals surface area (Å²) in [7, 11) is 0. The van der Waals surface area contributed by atoms with Gasteiger partial charge < -0.3 is 15.0 Å². The molecule has 2 atom stereocenters. The molecule has 1 aliphatic rings. The zero-order chi connectivity index (χ0) is 22.8. The second-order valence-corrected chi connectivity index (χ2v) is 8.79. The van der Waals surface area contributed by atoms with Gasteiger partial charge >= 0.3 is 5.97 Å². The van der Waals surface area contributed by atoms with Crippen LogP contribution in [0.4, 0.5) is 4.39 Å². The number of carbonyl (C=O) groups excluding carboxylic acids is 1. The van der Waals surface area contributed by atoms with Crippen molar-refractivity contribution < 1.29 is 19.1 Å². The highest BCUT2D eigenvalue weighted by atomic mass is 35.5. The van der Waals surface area contributed by atoms with Crippen LogP contribution in [0.25, 0.3) is 10.9 Å². The highest BCUT2D eigenvalue weighted by molar-refractivity contribution is 6.30. The first-order chi connectivity index (χ1) is 15.4. The molecular formula is C25H26ClFN2O3. The van der Waals surface area contributed by atoms with E-state index >= 15 is 0 Å². The number of aromatic nitrogens is 1. The lowest BCUT2D eigenvalue weighted by atomic mass is 9.91. The number of hydrogen-bond acceptors (Lipinski definition) is 2. The number of aryl methyl sites for hydroxylation is 1. The minimum absolute atomic E-state index is 0.0367. The van der Waals surface area contributed by atoms with Gasteiger partial charge in [0.2, 0.25) is 5.91 Å². The summed E-state index contributed by atoms with van der Waals surface area (Å²) in [4.78, 5) is 24.4. The summed E-state index contributed by atoms with van der Waals surface area (Å²) in [6.07, 6.45) is 3.30. The van der Waals surface area contributed by atoms with Crippen molar-refractivity contribution in [3.63, 3.8) is 0 Å². The normalized spacial score (nSPS) is 16.5. The summed E-state index contributed by atoms with van der Waals surface area (Å²) in [6, 6.07) is 11.2. The maximum atomic E-state index is 14.0. The van der Waals surface area contributed by atoms with Crippen molar-refractivity contribution in [2.45, 2.75) is 57.5 Å². The first-order valence-electron chi connectivity index (χ1n) is 10.9. The van der Waals surface area contributed by atoms with Gasteiger partial charge in [-0.3, -0.25) is 4.79 Å². The van der Waals surface area contributed by atoms with Crippen LogP contribution in [0.3, 0.4) is 0 Å². The molecule has 0 saturated carbocycles. The minimum Gasteiger partial charge on any atom is -0.480 e. The number of aliphatic carboxylic acids is 1. The number of halogens is 2. The van der Waals surface area contributed by atoms with Gasteiger partial charge in [0.25, 0.3) is 0 Å². The molecule has 1 heterocycles. The third kappa shape index (κ3) is 4.51. The Morgan fingerprint density at radius 2 is 2.09 bits per heavy atom. The van der Waals surface area contributed by atoms with E-state index in [1.807, 2.05) is 29.7 Å². The molecule has 0 fully saturated rings. The monoisotopic (exact) mass is 456 g/mol. The topological polar surface area (TPSA) is 71.3 Å². The molecule has 4 rings (SSSR count). The Hall–Kier alpha value is -2.86. The first kappa shape index (κ1) is 22.3. The Kier molecular flexibility index (Phi) is 6.51. The number of nitrogens with one attached hydrogen (secondary N) is 1. The summed E-state index contributed by atoms with van der Waals surface area (Å²) in [5, 5.41) is 14.2. The van der Waals surface area contributed by atoms with E-state index in [0.29, 0.717) is 43.5 Å². The Balaban J connectivity index is 1.54. The smallest absolute Gasteiger partial charge is 0.326 e. The molecule has 0 saturated heterocycles. The van der Waals surface area contributed by atoms with Crippen LogP contribution in [-0.4, -0.2) is 27.6 Å². The van der Waals surface area contributed by atoms with Crippen LogP contribution in [0.5, 0.6) is 0 Å². The SMILES string of the molecule is CCC(C(=O)O)n1c2c(c3cc(F)ccc31)C[C@@H](NC(=O)CCc1cccc(Cl)c1)CC2. The molecule has 2 aromatic carbocycles. The van der Waals surface area contributed by atoms with Gasteiger partial charge in [-0.25, -0.2) is 9.18 Å². The van der Waals surface area contributed by atoms with Crippen LogP contribution in [0, 0.1) is 5.82 Å². The van der Waals surface area contributed by atoms with Crippen molar-refractivity contribution >= 4 is 34.4 Å². The van der Waals surface area contributed by atoms with E-state index < -0.39 is 12.0 Å². The van der Waals surface area contributed by atoms with Gasteiger partial charge in [-0.2, -0.15) is 0 Å². The van der Waals surface area contributed by atoms with E-state index in [1.54, 1.807) is 12.1 Å². The van der Waals surface area contributed by atoms with Crippen molar-refractivity contribution in [2.24, 2.45) is 0 Å². The molecule has 3 aromatic rings. The maximum absolute atomic E-state index is 14.0. The molecule has 1 unspecified atom stereocenters. The summed E-state index contributed by atoms with van der Waals surface area (Å²) in [5.41, 5.74) is 3.62. The van der Waals surface area contributed by atoms with Crippen molar-refractivity contribution in [3.8, 4) is 0 Å². The van der Waals surface area contributed by atoms with Crippen LogP contribution in [0.15, 0.2) is 42.5 Å². The Bertz CT molecular complexity index is 1170. The quantitative estimate of drug-likeness (QED) is 0.521. The van der Waals surface area contributed by atoms with Gasteiger partial charge in [0.15, 0.2) is 0 Å². The Labute approximate surface area is 191 Å². The maximum Gasteiger partial charge on any atom is 0.326 e. The lowest BCUT2D eigenvalue weighted by molar-refractivity contribution is -0.141. The van der Waals surface area contributed by atoms with Crippen molar-refractivity contribution in [2.75, 3.05) is 0 Å². The van der Waals surface area contributed by atoms with E-state index in [2.05, 4.69) is 5.32 Å². The van der Waals surface area contributed by atoms with Gasteiger partial charge in [-0.1, -0.05) is 30.7 Å². The molecule has 0 aliphatic heterocycles. The minimum atomic E-state index is -0.895. The average molecular weight is 457 g/mol. The number of nitrogens with zero attached hydrogens (tertiary/aromatic N) is 1. The highest BCUT2D eigenvalue weighted by Crippen LogP contribution is 2.36. The van der Waals surface area contributed by atoms with Crippen LogP contribution in [0.1, 0.15) is 49.0 Å². The second-order valence-electron chi connectivity index (χ2n) is 8.36. The zero-order valence-electron chi connectivity index (χ0n) is 17.9. The standard InChI is InChI=1S/C25H26ClFN2O3/c1-2-21(25(31)32)29-22-9-7-17(27)13-19(22)20-14-18(8-10-23(20)29)28-24(30)11-6-15-4-3-5-16(26)12-15/h3-5,7,9,12-13,18,21H,2,6,8,10-11,14H2,1H3,(H,28,30)(H,31,32)/t18-,21?/m0/s1. The fraction of sp³-hybridized carbons (Fsp3) is 0.360. The fourth-order valence-electron chi connectivity index (χ4n) is 4.76. The molecule has 1 amide bonds. The molecule has 0 radical (unpaired) electrons. The van der Waals surface area contributed by atoms with Crippen LogP contribution < -0.4 is 5.32 Å². The molecule has 0 bridgehead atoms. The third-order valence-electron chi connectivity index (χ3n) is 6.24. The van der Waals surface area contributed by atoms with Gasteiger partial charge in [0.05, 0.1) is 0 Å². The van der Waals surface area contributed by atoms with Crippen LogP contribution >= 0.6 is 11.6 Å². The Morgan fingerprint density at radius 3 is 2.81 bits per heavy atom. The lowest BCUT2D eigenvalue weighted by Gasteiger charge is -2.26. The van der Waals surface area contributed by atoms with Crippen LogP contribution in [0.2, 0.25) is 5.02 Å². The number of carboxylic acids is 1. The molecular weight excluding hydrogens is 431 g/mol. The van der Waals surface area contributed by atoms with Gasteiger partial charge in [0, 0.05) is 34.1 Å². The Morgan fingerprint density at radius 1 is 1.28 bits per heavy atom.